The summed E-state index contributed by atoms with van der Waals surface area (Å²) in [5.74, 6) is 0. The van der Waals surface area contributed by atoms with Crippen LogP contribution in [0.25, 0.3) is 11.0 Å². The molecule has 2 aromatic rings. The zero-order valence-corrected chi connectivity index (χ0v) is 6.75. The van der Waals surface area contributed by atoms with E-state index >= 15 is 0 Å². The first-order valence-electron chi connectivity index (χ1n) is 3.99. The standard InChI is InChI=1S/C9H10N3/c1-2-4-7-5-3-6-8-9(7)11-12-10-8/h3,5-6H,1-2,4H2,(H,10,11,12). The van der Waals surface area contributed by atoms with E-state index in [-0.39, 0.29) is 0 Å². The van der Waals surface area contributed by atoms with Crippen LogP contribution in [0.15, 0.2) is 18.2 Å². The predicted molar refractivity (Wildman–Crippen MR) is 47.6 cm³/mol. The largest absolute Gasteiger partial charge is 0.258 e. The van der Waals surface area contributed by atoms with Crippen LogP contribution in [0.2, 0.25) is 0 Å². The van der Waals surface area contributed by atoms with Crippen LogP contribution in [0.5, 0.6) is 0 Å². The van der Waals surface area contributed by atoms with E-state index in [4.69, 9.17) is 0 Å². The van der Waals surface area contributed by atoms with Gasteiger partial charge in [-0.15, -0.1) is 5.10 Å². The molecule has 0 spiro atoms. The fourth-order valence-electron chi connectivity index (χ4n) is 1.32. The first kappa shape index (κ1) is 7.28. The normalized spacial score (nSPS) is 10.8. The Balaban J connectivity index is 2.57. The van der Waals surface area contributed by atoms with Crippen molar-refractivity contribution >= 4 is 11.0 Å². The van der Waals surface area contributed by atoms with Crippen LogP contribution in [0.3, 0.4) is 0 Å². The molecule has 1 heterocycles. The quantitative estimate of drug-likeness (QED) is 0.726. The Hall–Kier alpha value is -1.38. The summed E-state index contributed by atoms with van der Waals surface area (Å²) in [5.41, 5.74) is 3.19. The molecular formula is C9H10N3. The molecule has 1 radical (unpaired) electrons. The molecule has 0 bridgehead atoms. The zero-order valence-electron chi connectivity index (χ0n) is 6.75. The molecule has 0 saturated heterocycles. The smallest absolute Gasteiger partial charge is 0.116 e. The Bertz CT molecular complexity index is 378. The van der Waals surface area contributed by atoms with Gasteiger partial charge in [0.25, 0.3) is 0 Å². The van der Waals surface area contributed by atoms with Gasteiger partial charge in [0.1, 0.15) is 5.52 Å². The number of aromatic nitrogens is 3. The lowest BCUT2D eigenvalue weighted by Gasteiger charge is -1.96. The molecule has 3 heteroatoms. The maximum atomic E-state index is 4.00. The minimum absolute atomic E-state index is 0.895. The van der Waals surface area contributed by atoms with Gasteiger partial charge in [0, 0.05) is 0 Å². The summed E-state index contributed by atoms with van der Waals surface area (Å²) in [7, 11) is 0. The van der Waals surface area contributed by atoms with Crippen molar-refractivity contribution in [1.29, 1.82) is 0 Å². The third kappa shape index (κ3) is 1.07. The van der Waals surface area contributed by atoms with Gasteiger partial charge >= 0.3 is 0 Å². The van der Waals surface area contributed by atoms with E-state index in [1.54, 1.807) is 0 Å². The van der Waals surface area contributed by atoms with Crippen molar-refractivity contribution in [1.82, 2.24) is 15.4 Å². The van der Waals surface area contributed by atoms with Gasteiger partial charge in [0.05, 0.1) is 5.52 Å². The van der Waals surface area contributed by atoms with E-state index in [0.29, 0.717) is 0 Å². The Labute approximate surface area is 70.8 Å². The number of rotatable bonds is 2. The summed E-state index contributed by atoms with van der Waals surface area (Å²) in [6.07, 6.45) is 1.86. The Morgan fingerprint density at radius 2 is 2.33 bits per heavy atom. The summed E-state index contributed by atoms with van der Waals surface area (Å²) in [5, 5.41) is 10.6. The van der Waals surface area contributed by atoms with E-state index in [1.165, 1.54) is 5.56 Å². The minimum atomic E-state index is 0.895. The molecule has 2 rings (SSSR count). The molecule has 0 saturated carbocycles. The van der Waals surface area contributed by atoms with Crippen molar-refractivity contribution < 1.29 is 0 Å². The average Bonchev–Trinajstić information content (AvgIpc) is 2.53. The fourth-order valence-corrected chi connectivity index (χ4v) is 1.32. The number of hydrogen-bond acceptors (Lipinski definition) is 2. The average molecular weight is 160 g/mol. The summed E-state index contributed by atoms with van der Waals surface area (Å²) in [4.78, 5) is 0. The maximum Gasteiger partial charge on any atom is 0.116 e. The van der Waals surface area contributed by atoms with Crippen LogP contribution < -0.4 is 0 Å². The van der Waals surface area contributed by atoms with Crippen molar-refractivity contribution in [3.8, 4) is 0 Å². The van der Waals surface area contributed by atoms with Crippen LogP contribution in [0.1, 0.15) is 12.0 Å². The Morgan fingerprint density at radius 3 is 3.17 bits per heavy atom. The summed E-state index contributed by atoms with van der Waals surface area (Å²) in [6, 6.07) is 6.05. The molecule has 12 heavy (non-hydrogen) atoms. The highest BCUT2D eigenvalue weighted by Crippen LogP contribution is 2.14. The molecule has 0 unspecified atom stereocenters. The predicted octanol–water partition coefficient (Wildman–Crippen LogP) is 1.72. The molecule has 0 atom stereocenters. The van der Waals surface area contributed by atoms with E-state index < -0.39 is 0 Å². The molecule has 0 aliphatic rings. The highest BCUT2D eigenvalue weighted by Gasteiger charge is 2.01. The monoisotopic (exact) mass is 160 g/mol. The molecule has 1 aromatic carbocycles. The third-order valence-corrected chi connectivity index (χ3v) is 1.89. The van der Waals surface area contributed by atoms with Crippen molar-refractivity contribution in [3.63, 3.8) is 0 Å². The van der Waals surface area contributed by atoms with Gasteiger partial charge in [-0.05, 0) is 24.5 Å². The number of H-pyrrole nitrogens is 1. The number of hydrogen-bond donors (Lipinski definition) is 1. The second-order valence-corrected chi connectivity index (χ2v) is 2.73. The van der Waals surface area contributed by atoms with Crippen LogP contribution in [0, 0.1) is 6.92 Å². The Morgan fingerprint density at radius 1 is 1.42 bits per heavy atom. The van der Waals surface area contributed by atoms with Gasteiger partial charge in [-0.1, -0.05) is 24.3 Å². The number of nitrogens with zero attached hydrogens (tertiary/aromatic N) is 2. The van der Waals surface area contributed by atoms with Crippen LogP contribution in [-0.2, 0) is 6.42 Å². The van der Waals surface area contributed by atoms with Gasteiger partial charge in [-0.2, -0.15) is 0 Å². The van der Waals surface area contributed by atoms with Crippen molar-refractivity contribution in [2.45, 2.75) is 12.8 Å². The van der Waals surface area contributed by atoms with E-state index in [9.17, 15) is 0 Å². The van der Waals surface area contributed by atoms with Gasteiger partial charge < -0.3 is 0 Å². The number of aryl methyl sites for hydroxylation is 1. The molecule has 0 aliphatic heterocycles. The van der Waals surface area contributed by atoms with Crippen molar-refractivity contribution in [2.24, 2.45) is 0 Å². The molecular weight excluding hydrogens is 150 g/mol. The van der Waals surface area contributed by atoms with E-state index in [0.717, 1.165) is 23.9 Å². The first-order chi connectivity index (χ1) is 5.92. The number of nitrogens with one attached hydrogen (secondary N) is 1. The fraction of sp³-hybridized carbons (Fsp3) is 0.222. The van der Waals surface area contributed by atoms with Crippen LogP contribution in [-0.4, -0.2) is 15.4 Å². The highest BCUT2D eigenvalue weighted by molar-refractivity contribution is 5.77. The molecule has 0 amide bonds. The summed E-state index contributed by atoms with van der Waals surface area (Å²) < 4.78 is 0. The molecule has 0 fully saturated rings. The molecule has 3 nitrogen and oxygen atoms in total. The number of benzene rings is 1. The maximum absolute atomic E-state index is 4.00. The lowest BCUT2D eigenvalue weighted by Crippen LogP contribution is -1.84. The molecule has 1 N–H and O–H groups in total. The van der Waals surface area contributed by atoms with Crippen molar-refractivity contribution in [2.75, 3.05) is 0 Å². The Kier molecular flexibility index (Phi) is 1.78. The van der Waals surface area contributed by atoms with E-state index in [2.05, 4.69) is 28.4 Å². The van der Waals surface area contributed by atoms with Crippen LogP contribution >= 0.6 is 0 Å². The lowest BCUT2D eigenvalue weighted by atomic mass is 10.1. The van der Waals surface area contributed by atoms with Crippen molar-refractivity contribution in [3.05, 3.63) is 30.7 Å². The zero-order chi connectivity index (χ0) is 8.39. The molecule has 61 valence electrons. The van der Waals surface area contributed by atoms with Crippen LogP contribution in [0.4, 0.5) is 0 Å². The SMILES string of the molecule is [CH2]CCc1cccc2[nH]nnc12. The summed E-state index contributed by atoms with van der Waals surface area (Å²) >= 11 is 0. The topological polar surface area (TPSA) is 41.6 Å². The number of aromatic amines is 1. The molecule has 1 aromatic heterocycles. The summed E-state index contributed by atoms with van der Waals surface area (Å²) in [6.45, 7) is 3.81. The second-order valence-electron chi connectivity index (χ2n) is 2.73. The second kappa shape index (κ2) is 2.93. The minimum Gasteiger partial charge on any atom is -0.258 e. The van der Waals surface area contributed by atoms with Gasteiger partial charge in [-0.3, -0.25) is 5.10 Å². The highest BCUT2D eigenvalue weighted by atomic mass is 15.3. The van der Waals surface area contributed by atoms with Gasteiger partial charge in [-0.25, -0.2) is 0 Å². The van der Waals surface area contributed by atoms with E-state index in [1.807, 2.05) is 12.1 Å². The van der Waals surface area contributed by atoms with Gasteiger partial charge in [0.2, 0.25) is 0 Å². The molecule has 0 aliphatic carbocycles. The van der Waals surface area contributed by atoms with Gasteiger partial charge in [0.15, 0.2) is 0 Å². The number of fused-ring (bicyclic) bond motifs is 1. The first-order valence-corrected chi connectivity index (χ1v) is 3.99. The third-order valence-electron chi connectivity index (χ3n) is 1.89. The lowest BCUT2D eigenvalue weighted by molar-refractivity contribution is 0.950.